The van der Waals surface area contributed by atoms with Crippen LogP contribution in [-0.4, -0.2) is 75.3 Å². The maximum absolute atomic E-state index is 12.5. The van der Waals surface area contributed by atoms with Crippen molar-refractivity contribution in [3.05, 3.63) is 0 Å². The Morgan fingerprint density at radius 3 is 2.21 bits per heavy atom. The molecule has 4 N–H and O–H groups in total. The molecule has 0 aromatic heterocycles. The van der Waals surface area contributed by atoms with Crippen molar-refractivity contribution in [2.75, 3.05) is 5.75 Å². The second kappa shape index (κ2) is 11.6. The van der Waals surface area contributed by atoms with E-state index in [-0.39, 0.29) is 23.8 Å². The molecular weight excluding hydrogens is 454 g/mol. The van der Waals surface area contributed by atoms with E-state index in [0.717, 1.165) is 0 Å². The lowest BCUT2D eigenvalue weighted by molar-refractivity contribution is -0.157. The SMILES string of the molecule is C[C@@H]1SC[C@H](NC(=O)CC[C@H](NC(=O)OC(C)(C)C)C(=O)OC(C)(C)C)C(=O)N[C@@H]1C(=O)O. The van der Waals surface area contributed by atoms with Crippen LogP contribution in [0, 0.1) is 0 Å². The number of thioether (sulfide) groups is 1. The predicted octanol–water partition coefficient (Wildman–Crippen LogP) is 1.19. The molecule has 0 spiro atoms. The largest absolute Gasteiger partial charge is 0.480 e. The smallest absolute Gasteiger partial charge is 0.408 e. The lowest BCUT2D eigenvalue weighted by Crippen LogP contribution is -2.52. The van der Waals surface area contributed by atoms with Gasteiger partial charge >= 0.3 is 18.0 Å². The van der Waals surface area contributed by atoms with Crippen LogP contribution in [0.3, 0.4) is 0 Å². The quantitative estimate of drug-likeness (QED) is 0.385. The number of alkyl carbamates (subject to hydrolysis) is 1. The average molecular weight is 490 g/mol. The van der Waals surface area contributed by atoms with Gasteiger partial charge in [0.1, 0.15) is 29.3 Å². The minimum Gasteiger partial charge on any atom is -0.480 e. The van der Waals surface area contributed by atoms with E-state index in [1.807, 2.05) is 0 Å². The molecule has 4 atom stereocenters. The molecule has 1 heterocycles. The molecule has 0 aromatic rings. The fourth-order valence-corrected chi connectivity index (χ4v) is 3.88. The van der Waals surface area contributed by atoms with E-state index in [1.54, 1.807) is 48.5 Å². The Hall–Kier alpha value is -2.50. The second-order valence-corrected chi connectivity index (χ2v) is 11.2. The highest BCUT2D eigenvalue weighted by molar-refractivity contribution is 8.00. The molecule has 0 aliphatic carbocycles. The van der Waals surface area contributed by atoms with Crippen LogP contribution in [0.1, 0.15) is 61.3 Å². The third-order valence-electron chi connectivity index (χ3n) is 4.25. The van der Waals surface area contributed by atoms with Gasteiger partial charge in [-0.3, -0.25) is 9.59 Å². The summed E-state index contributed by atoms with van der Waals surface area (Å²) in [5.74, 6) is -2.79. The Bertz CT molecular complexity index is 760. The van der Waals surface area contributed by atoms with Crippen LogP contribution < -0.4 is 16.0 Å². The van der Waals surface area contributed by atoms with Gasteiger partial charge in [-0.1, -0.05) is 6.92 Å². The molecule has 33 heavy (non-hydrogen) atoms. The molecule has 1 saturated heterocycles. The summed E-state index contributed by atoms with van der Waals surface area (Å²) >= 11 is 1.25. The van der Waals surface area contributed by atoms with E-state index >= 15 is 0 Å². The van der Waals surface area contributed by atoms with Gasteiger partial charge in [-0.05, 0) is 48.0 Å². The first kappa shape index (κ1) is 28.5. The molecule has 1 aliphatic heterocycles. The number of aliphatic carboxylic acids is 1. The van der Waals surface area contributed by atoms with Crippen LogP contribution in [0.4, 0.5) is 4.79 Å². The molecule has 1 aliphatic rings. The van der Waals surface area contributed by atoms with Gasteiger partial charge in [-0.25, -0.2) is 14.4 Å². The number of carbonyl (C=O) groups is 5. The highest BCUT2D eigenvalue weighted by atomic mass is 32.2. The normalized spacial score (nSPS) is 22.3. The summed E-state index contributed by atoms with van der Waals surface area (Å²) in [7, 11) is 0. The van der Waals surface area contributed by atoms with E-state index in [9.17, 15) is 29.1 Å². The molecule has 0 radical (unpaired) electrons. The fraction of sp³-hybridized carbons (Fsp3) is 0.762. The number of ether oxygens (including phenoxy) is 2. The van der Waals surface area contributed by atoms with Crippen molar-refractivity contribution in [2.45, 2.75) is 95.9 Å². The Morgan fingerprint density at radius 2 is 1.70 bits per heavy atom. The minimum atomic E-state index is -1.15. The molecule has 0 bridgehead atoms. The molecule has 0 unspecified atom stereocenters. The maximum atomic E-state index is 12.5. The predicted molar refractivity (Wildman–Crippen MR) is 122 cm³/mol. The summed E-state index contributed by atoms with van der Waals surface area (Å²) in [5, 5.41) is 16.3. The highest BCUT2D eigenvalue weighted by Gasteiger charge is 2.35. The highest BCUT2D eigenvalue weighted by Crippen LogP contribution is 2.20. The summed E-state index contributed by atoms with van der Waals surface area (Å²) in [5.41, 5.74) is -1.59. The van der Waals surface area contributed by atoms with Crippen molar-refractivity contribution in [3.63, 3.8) is 0 Å². The first-order valence-electron chi connectivity index (χ1n) is 10.6. The van der Waals surface area contributed by atoms with Gasteiger partial charge in [0.25, 0.3) is 0 Å². The molecule has 188 valence electrons. The number of hydrogen-bond acceptors (Lipinski definition) is 8. The number of carboxylic acids is 1. The number of carboxylic acid groups (broad SMARTS) is 1. The van der Waals surface area contributed by atoms with Crippen LogP contribution in [0.5, 0.6) is 0 Å². The minimum absolute atomic E-state index is 0.0877. The van der Waals surface area contributed by atoms with Crippen molar-refractivity contribution in [1.82, 2.24) is 16.0 Å². The van der Waals surface area contributed by atoms with Crippen molar-refractivity contribution in [2.24, 2.45) is 0 Å². The van der Waals surface area contributed by atoms with E-state index in [2.05, 4.69) is 16.0 Å². The fourth-order valence-electron chi connectivity index (χ4n) is 2.77. The first-order valence-corrected chi connectivity index (χ1v) is 11.7. The van der Waals surface area contributed by atoms with Crippen molar-refractivity contribution >= 4 is 41.6 Å². The van der Waals surface area contributed by atoms with E-state index in [0.29, 0.717) is 0 Å². The van der Waals surface area contributed by atoms with Crippen molar-refractivity contribution in [3.8, 4) is 0 Å². The molecule has 1 fully saturated rings. The monoisotopic (exact) mass is 489 g/mol. The molecule has 0 aromatic carbocycles. The van der Waals surface area contributed by atoms with Crippen LogP contribution in [0.15, 0.2) is 0 Å². The lowest BCUT2D eigenvalue weighted by atomic mass is 10.1. The average Bonchev–Trinajstić information content (AvgIpc) is 2.75. The Balaban J connectivity index is 2.77. The zero-order valence-corrected chi connectivity index (χ0v) is 21.0. The summed E-state index contributed by atoms with van der Waals surface area (Å²) in [4.78, 5) is 60.8. The zero-order valence-electron chi connectivity index (χ0n) is 20.1. The topological polar surface area (TPSA) is 160 Å². The van der Waals surface area contributed by atoms with Crippen LogP contribution in [0.2, 0.25) is 0 Å². The summed E-state index contributed by atoms with van der Waals surface area (Å²) in [6.45, 7) is 11.7. The molecule has 11 nitrogen and oxygen atoms in total. The Labute approximate surface area is 198 Å². The van der Waals surface area contributed by atoms with Gasteiger partial charge in [-0.2, -0.15) is 11.8 Å². The standard InChI is InChI=1S/C21H35N3O8S/c1-11-15(17(27)28)24-16(26)13(10-33-11)22-14(25)9-8-12(18(29)31-20(2,3)4)23-19(30)32-21(5,6)7/h11-13,15H,8-10H2,1-7H3,(H,22,25)(H,23,30)(H,24,26)(H,27,28)/t11-,12-,13-,15-/m0/s1. The van der Waals surface area contributed by atoms with E-state index in [1.165, 1.54) is 11.8 Å². The number of esters is 1. The number of amides is 3. The van der Waals surface area contributed by atoms with Gasteiger partial charge in [0, 0.05) is 17.4 Å². The zero-order chi connectivity index (χ0) is 25.6. The van der Waals surface area contributed by atoms with Gasteiger partial charge < -0.3 is 30.5 Å². The van der Waals surface area contributed by atoms with Crippen molar-refractivity contribution < 1.29 is 38.6 Å². The van der Waals surface area contributed by atoms with Gasteiger partial charge in [0.15, 0.2) is 0 Å². The Morgan fingerprint density at radius 1 is 1.12 bits per heavy atom. The van der Waals surface area contributed by atoms with Crippen LogP contribution in [-0.2, 0) is 28.7 Å². The first-order chi connectivity index (χ1) is 15.0. The summed E-state index contributed by atoms with van der Waals surface area (Å²) < 4.78 is 10.5. The number of nitrogens with one attached hydrogen (secondary N) is 3. The van der Waals surface area contributed by atoms with E-state index < -0.39 is 59.2 Å². The van der Waals surface area contributed by atoms with Crippen LogP contribution >= 0.6 is 11.8 Å². The van der Waals surface area contributed by atoms with Crippen molar-refractivity contribution in [1.29, 1.82) is 0 Å². The Kier molecular flexibility index (Phi) is 10.0. The second-order valence-electron chi connectivity index (χ2n) is 9.75. The molecule has 3 amide bonds. The van der Waals surface area contributed by atoms with Crippen LogP contribution in [0.25, 0.3) is 0 Å². The third-order valence-corrected chi connectivity index (χ3v) is 5.58. The molecular formula is C21H35N3O8S. The third kappa shape index (κ3) is 10.8. The number of hydrogen-bond donors (Lipinski definition) is 4. The van der Waals surface area contributed by atoms with E-state index in [4.69, 9.17) is 9.47 Å². The number of rotatable bonds is 7. The summed E-state index contributed by atoms with van der Waals surface area (Å²) in [6, 6.07) is -3.12. The summed E-state index contributed by atoms with van der Waals surface area (Å²) in [6.07, 6.45) is -1.10. The maximum Gasteiger partial charge on any atom is 0.408 e. The lowest BCUT2D eigenvalue weighted by Gasteiger charge is -2.26. The molecule has 1 rings (SSSR count). The molecule has 0 saturated carbocycles. The number of carbonyl (C=O) groups excluding carboxylic acids is 4. The van der Waals surface area contributed by atoms with Gasteiger partial charge in [0.05, 0.1) is 0 Å². The molecule has 12 heteroatoms. The van der Waals surface area contributed by atoms with Gasteiger partial charge in [0.2, 0.25) is 11.8 Å². The van der Waals surface area contributed by atoms with Gasteiger partial charge in [-0.15, -0.1) is 0 Å².